The van der Waals surface area contributed by atoms with Gasteiger partial charge in [0.25, 0.3) is 0 Å². The normalized spacial score (nSPS) is 42.5. The number of rotatable bonds is 0. The molecule has 4 rings (SSSR count). The van der Waals surface area contributed by atoms with Crippen LogP contribution < -0.4 is 0 Å². The fourth-order valence-corrected chi connectivity index (χ4v) is 6.80. The number of ether oxygens (including phenoxy) is 2. The molecule has 1 unspecified atom stereocenters. The first-order valence-corrected chi connectivity index (χ1v) is 9.83. The van der Waals surface area contributed by atoms with Crippen molar-refractivity contribution < 1.29 is 9.47 Å². The van der Waals surface area contributed by atoms with Gasteiger partial charge in [0.2, 0.25) is 0 Å². The summed E-state index contributed by atoms with van der Waals surface area (Å²) in [5, 5.41) is 0. The molecule has 0 bridgehead atoms. The van der Waals surface area contributed by atoms with Gasteiger partial charge in [-0.05, 0) is 62.4 Å². The van der Waals surface area contributed by atoms with Crippen molar-refractivity contribution in [1.29, 1.82) is 0 Å². The van der Waals surface area contributed by atoms with E-state index in [4.69, 9.17) is 9.47 Å². The Labute approximate surface area is 147 Å². The minimum atomic E-state index is -0.358. The molecule has 1 spiro atoms. The summed E-state index contributed by atoms with van der Waals surface area (Å²) in [6.07, 6.45) is 11.0. The van der Waals surface area contributed by atoms with E-state index >= 15 is 0 Å². The quantitative estimate of drug-likeness (QED) is 0.456. The lowest BCUT2D eigenvalue weighted by Crippen LogP contribution is -2.61. The molecule has 0 N–H and O–H groups in total. The predicted molar refractivity (Wildman–Crippen MR) is 96.3 cm³/mol. The first-order valence-electron chi connectivity index (χ1n) is 9.83. The van der Waals surface area contributed by atoms with Gasteiger partial charge >= 0.3 is 0 Å². The summed E-state index contributed by atoms with van der Waals surface area (Å²) in [5.74, 6) is 7.18. The van der Waals surface area contributed by atoms with Crippen molar-refractivity contribution in [1.82, 2.24) is 0 Å². The van der Waals surface area contributed by atoms with E-state index < -0.39 is 0 Å². The fraction of sp³-hybridized carbons (Fsp3) is 0.818. The maximum atomic E-state index is 6.23. The second-order valence-corrected chi connectivity index (χ2v) is 9.15. The van der Waals surface area contributed by atoms with Crippen molar-refractivity contribution in [2.24, 2.45) is 22.2 Å². The van der Waals surface area contributed by atoms with Gasteiger partial charge in [-0.25, -0.2) is 0 Å². The SMILES string of the molecule is CC#C[C@]12CCCC=C1[C@@]1(C)CCC3(OCCO3)C(C)(C)C1CC2. The third kappa shape index (κ3) is 1.98. The standard InChI is InChI=1S/C22H32O2/c1-5-10-21-11-7-6-8-18(21)20(4)13-14-22(23-15-16-24-22)19(2,3)17(20)9-12-21/h8,17H,6-7,9,11-16H2,1-4H3/t17?,20-,21+/m0/s1. The first kappa shape index (κ1) is 16.7. The Morgan fingerprint density at radius 1 is 1.04 bits per heavy atom. The molecule has 4 aliphatic rings. The molecule has 0 radical (unpaired) electrons. The minimum Gasteiger partial charge on any atom is -0.347 e. The zero-order valence-electron chi connectivity index (χ0n) is 15.8. The Bertz CT molecular complexity index is 614. The molecule has 2 heteroatoms. The van der Waals surface area contributed by atoms with Crippen molar-refractivity contribution in [2.45, 2.75) is 78.4 Å². The molecule has 2 saturated carbocycles. The average molecular weight is 328 g/mol. The highest BCUT2D eigenvalue weighted by atomic mass is 16.7. The van der Waals surface area contributed by atoms with E-state index in [-0.39, 0.29) is 22.0 Å². The third-order valence-electron chi connectivity index (χ3n) is 7.86. The van der Waals surface area contributed by atoms with E-state index in [2.05, 4.69) is 38.7 Å². The summed E-state index contributed by atoms with van der Waals surface area (Å²) >= 11 is 0. The molecule has 132 valence electrons. The van der Waals surface area contributed by atoms with E-state index in [0.29, 0.717) is 5.92 Å². The number of hydrogen-bond donors (Lipinski definition) is 0. The van der Waals surface area contributed by atoms with Crippen LogP contribution in [0.2, 0.25) is 0 Å². The molecule has 0 aromatic rings. The van der Waals surface area contributed by atoms with Crippen molar-refractivity contribution in [3.63, 3.8) is 0 Å². The van der Waals surface area contributed by atoms with Crippen LogP contribution in [0.4, 0.5) is 0 Å². The van der Waals surface area contributed by atoms with Crippen LogP contribution >= 0.6 is 0 Å². The molecule has 0 aromatic heterocycles. The highest BCUT2D eigenvalue weighted by Gasteiger charge is 2.65. The number of hydrogen-bond acceptors (Lipinski definition) is 2. The summed E-state index contributed by atoms with van der Waals surface area (Å²) in [6, 6.07) is 0. The molecule has 0 aromatic carbocycles. The Hall–Kier alpha value is -0.780. The van der Waals surface area contributed by atoms with Crippen molar-refractivity contribution in [2.75, 3.05) is 13.2 Å². The topological polar surface area (TPSA) is 18.5 Å². The maximum Gasteiger partial charge on any atom is 0.173 e. The molecule has 1 aliphatic heterocycles. The lowest BCUT2D eigenvalue weighted by Gasteiger charge is -2.64. The lowest BCUT2D eigenvalue weighted by atomic mass is 9.43. The van der Waals surface area contributed by atoms with Crippen LogP contribution in [-0.2, 0) is 9.47 Å². The third-order valence-corrected chi connectivity index (χ3v) is 7.86. The summed E-state index contributed by atoms with van der Waals surface area (Å²) in [4.78, 5) is 0. The average Bonchev–Trinajstić information content (AvgIpc) is 3.03. The van der Waals surface area contributed by atoms with Gasteiger partial charge in [0.05, 0.1) is 18.6 Å². The van der Waals surface area contributed by atoms with Gasteiger partial charge in [-0.2, -0.15) is 0 Å². The Kier molecular flexibility index (Phi) is 3.72. The van der Waals surface area contributed by atoms with Crippen molar-refractivity contribution in [3.05, 3.63) is 11.6 Å². The van der Waals surface area contributed by atoms with Gasteiger partial charge < -0.3 is 9.47 Å². The van der Waals surface area contributed by atoms with Crippen molar-refractivity contribution in [3.8, 4) is 11.8 Å². The molecule has 1 saturated heterocycles. The monoisotopic (exact) mass is 328 g/mol. The summed E-state index contributed by atoms with van der Waals surface area (Å²) in [7, 11) is 0. The van der Waals surface area contributed by atoms with Gasteiger partial charge in [0.15, 0.2) is 5.79 Å². The van der Waals surface area contributed by atoms with E-state index in [1.165, 1.54) is 38.5 Å². The van der Waals surface area contributed by atoms with Gasteiger partial charge in [-0.15, -0.1) is 5.92 Å². The largest absolute Gasteiger partial charge is 0.347 e. The van der Waals surface area contributed by atoms with Gasteiger partial charge in [-0.3, -0.25) is 0 Å². The van der Waals surface area contributed by atoms with Crippen LogP contribution in [0.15, 0.2) is 11.6 Å². The van der Waals surface area contributed by atoms with E-state index in [9.17, 15) is 0 Å². The van der Waals surface area contributed by atoms with E-state index in [1.807, 2.05) is 6.92 Å². The second kappa shape index (κ2) is 5.36. The smallest absolute Gasteiger partial charge is 0.173 e. The number of fused-ring (bicyclic) bond motifs is 3. The van der Waals surface area contributed by atoms with E-state index in [1.54, 1.807) is 5.57 Å². The molecule has 3 fully saturated rings. The van der Waals surface area contributed by atoms with Gasteiger partial charge in [0.1, 0.15) is 0 Å². The van der Waals surface area contributed by atoms with Gasteiger partial charge in [0, 0.05) is 11.8 Å². The molecule has 3 atom stereocenters. The summed E-state index contributed by atoms with van der Waals surface area (Å²) < 4.78 is 12.5. The highest BCUT2D eigenvalue weighted by Crippen LogP contribution is 2.68. The predicted octanol–water partition coefficient (Wildman–Crippen LogP) is 5.09. The molecular weight excluding hydrogens is 296 g/mol. The fourth-order valence-electron chi connectivity index (χ4n) is 6.80. The minimum absolute atomic E-state index is 0.0423. The van der Waals surface area contributed by atoms with Crippen LogP contribution in [-0.4, -0.2) is 19.0 Å². The van der Waals surface area contributed by atoms with Crippen LogP contribution in [0.25, 0.3) is 0 Å². The molecular formula is C22H32O2. The zero-order chi connectivity index (χ0) is 17.1. The molecule has 3 aliphatic carbocycles. The lowest BCUT2D eigenvalue weighted by molar-refractivity contribution is -0.284. The molecule has 24 heavy (non-hydrogen) atoms. The Morgan fingerprint density at radius 3 is 2.50 bits per heavy atom. The molecule has 1 heterocycles. The Balaban J connectivity index is 1.78. The van der Waals surface area contributed by atoms with Gasteiger partial charge in [-0.1, -0.05) is 32.8 Å². The second-order valence-electron chi connectivity index (χ2n) is 9.15. The zero-order valence-corrected chi connectivity index (χ0v) is 15.8. The summed E-state index contributed by atoms with van der Waals surface area (Å²) in [6.45, 7) is 10.8. The summed E-state index contributed by atoms with van der Waals surface area (Å²) in [5.41, 5.74) is 2.09. The van der Waals surface area contributed by atoms with E-state index in [0.717, 1.165) is 19.6 Å². The van der Waals surface area contributed by atoms with Crippen molar-refractivity contribution >= 4 is 0 Å². The maximum absolute atomic E-state index is 6.23. The van der Waals surface area contributed by atoms with Crippen LogP contribution in [0.1, 0.15) is 72.6 Å². The Morgan fingerprint density at radius 2 is 1.79 bits per heavy atom. The number of allylic oxidation sites excluding steroid dienone is 2. The first-order chi connectivity index (χ1) is 11.4. The molecule has 0 amide bonds. The van der Waals surface area contributed by atoms with Crippen LogP contribution in [0.3, 0.4) is 0 Å². The van der Waals surface area contributed by atoms with Crippen LogP contribution in [0.5, 0.6) is 0 Å². The molecule has 2 nitrogen and oxygen atoms in total. The highest BCUT2D eigenvalue weighted by molar-refractivity contribution is 5.38. The van der Waals surface area contributed by atoms with Crippen LogP contribution in [0, 0.1) is 34.0 Å².